The molecule has 0 saturated heterocycles. The molecular weight excluding hydrogens is 246 g/mol. The van der Waals surface area contributed by atoms with Crippen LogP contribution >= 0.6 is 0 Å². The number of benzene rings is 1. The van der Waals surface area contributed by atoms with Crippen LogP contribution in [0, 0.1) is 11.3 Å². The molecule has 0 aliphatic heterocycles. The molecule has 0 unspecified atom stereocenters. The molecule has 6 heteroatoms. The highest BCUT2D eigenvalue weighted by Crippen LogP contribution is 2.40. The highest BCUT2D eigenvalue weighted by molar-refractivity contribution is 5.75. The molecule has 0 spiro atoms. The lowest BCUT2D eigenvalue weighted by molar-refractivity contribution is 0.377. The predicted molar refractivity (Wildman–Crippen MR) is 68.4 cm³/mol. The molecule has 1 N–H and O–H groups in total. The maximum atomic E-state index is 8.81. The van der Waals surface area contributed by atoms with Crippen molar-refractivity contribution < 1.29 is 14.2 Å². The van der Waals surface area contributed by atoms with Crippen LogP contribution in [0.1, 0.15) is 5.82 Å². The summed E-state index contributed by atoms with van der Waals surface area (Å²) in [5.41, 5.74) is 1.34. The summed E-state index contributed by atoms with van der Waals surface area (Å²) in [5.74, 6) is 2.00. The molecule has 19 heavy (non-hydrogen) atoms. The Kier molecular flexibility index (Phi) is 3.57. The van der Waals surface area contributed by atoms with Crippen molar-refractivity contribution in [3.8, 4) is 34.6 Å². The number of hydrogen-bond acceptors (Lipinski definition) is 5. The predicted octanol–water partition coefficient (Wildman–Crippen LogP) is 1.97. The first kappa shape index (κ1) is 12.8. The van der Waals surface area contributed by atoms with Crippen LogP contribution in [0.25, 0.3) is 11.3 Å². The topological polar surface area (TPSA) is 80.2 Å². The zero-order valence-corrected chi connectivity index (χ0v) is 10.9. The second-order valence-electron chi connectivity index (χ2n) is 3.66. The quantitative estimate of drug-likeness (QED) is 0.908. The van der Waals surface area contributed by atoms with E-state index >= 15 is 0 Å². The van der Waals surface area contributed by atoms with Gasteiger partial charge in [0.25, 0.3) is 0 Å². The Morgan fingerprint density at radius 3 is 2.16 bits per heavy atom. The van der Waals surface area contributed by atoms with E-state index in [2.05, 4.69) is 9.97 Å². The van der Waals surface area contributed by atoms with Gasteiger partial charge >= 0.3 is 0 Å². The second kappa shape index (κ2) is 5.31. The molecule has 0 atom stereocenters. The zero-order chi connectivity index (χ0) is 13.8. The molecule has 98 valence electrons. The van der Waals surface area contributed by atoms with Crippen LogP contribution < -0.4 is 14.2 Å². The van der Waals surface area contributed by atoms with Gasteiger partial charge in [0.15, 0.2) is 0 Å². The third kappa shape index (κ3) is 2.31. The highest BCUT2D eigenvalue weighted by atomic mass is 16.5. The van der Waals surface area contributed by atoms with Crippen molar-refractivity contribution in [2.75, 3.05) is 21.3 Å². The number of H-pyrrole nitrogens is 1. The SMILES string of the molecule is COc1cc(OC)c(-c2cnc(C#N)[nH]2)c(OC)c1. The lowest BCUT2D eigenvalue weighted by atomic mass is 10.1. The first-order valence-electron chi connectivity index (χ1n) is 5.49. The zero-order valence-electron chi connectivity index (χ0n) is 10.9. The molecule has 1 heterocycles. The molecule has 0 radical (unpaired) electrons. The van der Waals surface area contributed by atoms with Gasteiger partial charge in [-0.2, -0.15) is 5.26 Å². The average molecular weight is 259 g/mol. The number of aromatic amines is 1. The number of ether oxygens (including phenoxy) is 3. The molecule has 0 saturated carbocycles. The van der Waals surface area contributed by atoms with E-state index in [0.717, 1.165) is 0 Å². The van der Waals surface area contributed by atoms with Gasteiger partial charge in [0.1, 0.15) is 23.3 Å². The summed E-state index contributed by atoms with van der Waals surface area (Å²) in [6.07, 6.45) is 1.56. The van der Waals surface area contributed by atoms with Gasteiger partial charge in [-0.3, -0.25) is 0 Å². The molecule has 0 fully saturated rings. The Balaban J connectivity index is 2.63. The summed E-state index contributed by atoms with van der Waals surface area (Å²) in [7, 11) is 4.68. The lowest BCUT2D eigenvalue weighted by Crippen LogP contribution is -1.95. The Morgan fingerprint density at radius 2 is 1.74 bits per heavy atom. The molecule has 2 aromatic rings. The number of nitriles is 1. The first-order chi connectivity index (χ1) is 9.23. The molecule has 1 aromatic carbocycles. The monoisotopic (exact) mass is 259 g/mol. The fourth-order valence-corrected chi connectivity index (χ4v) is 1.78. The minimum absolute atomic E-state index is 0.231. The van der Waals surface area contributed by atoms with Crippen LogP contribution in [0.5, 0.6) is 17.2 Å². The fourth-order valence-electron chi connectivity index (χ4n) is 1.78. The lowest BCUT2D eigenvalue weighted by Gasteiger charge is -2.13. The number of imidazole rings is 1. The van der Waals surface area contributed by atoms with Crippen LogP contribution in [-0.2, 0) is 0 Å². The van der Waals surface area contributed by atoms with Gasteiger partial charge < -0.3 is 19.2 Å². The van der Waals surface area contributed by atoms with Crippen molar-refractivity contribution in [1.82, 2.24) is 9.97 Å². The standard InChI is InChI=1S/C13H13N3O3/c1-17-8-4-10(18-2)13(11(5-8)19-3)9-7-15-12(6-14)16-9/h4-5,7H,1-3H3,(H,15,16). The van der Waals surface area contributed by atoms with Crippen molar-refractivity contribution in [3.05, 3.63) is 24.2 Å². The van der Waals surface area contributed by atoms with E-state index in [1.807, 2.05) is 6.07 Å². The Morgan fingerprint density at radius 1 is 1.11 bits per heavy atom. The van der Waals surface area contributed by atoms with Crippen molar-refractivity contribution in [1.29, 1.82) is 5.26 Å². The maximum Gasteiger partial charge on any atom is 0.210 e. The van der Waals surface area contributed by atoms with Crippen molar-refractivity contribution in [3.63, 3.8) is 0 Å². The van der Waals surface area contributed by atoms with E-state index in [1.165, 1.54) is 0 Å². The van der Waals surface area contributed by atoms with Crippen LogP contribution in [-0.4, -0.2) is 31.3 Å². The van der Waals surface area contributed by atoms with Gasteiger partial charge in [0, 0.05) is 12.1 Å². The van der Waals surface area contributed by atoms with E-state index in [-0.39, 0.29) is 5.82 Å². The first-order valence-corrected chi connectivity index (χ1v) is 5.49. The van der Waals surface area contributed by atoms with E-state index < -0.39 is 0 Å². The van der Waals surface area contributed by atoms with Crippen LogP contribution in [0.15, 0.2) is 18.3 Å². The normalized spacial score (nSPS) is 9.79. The van der Waals surface area contributed by atoms with E-state index in [9.17, 15) is 0 Å². The smallest absolute Gasteiger partial charge is 0.210 e. The third-order valence-corrected chi connectivity index (χ3v) is 2.67. The highest BCUT2D eigenvalue weighted by Gasteiger charge is 2.17. The van der Waals surface area contributed by atoms with Gasteiger partial charge in [0.2, 0.25) is 5.82 Å². The van der Waals surface area contributed by atoms with Gasteiger partial charge in [-0.15, -0.1) is 0 Å². The molecule has 2 rings (SSSR count). The fraction of sp³-hybridized carbons (Fsp3) is 0.231. The molecular formula is C13H13N3O3. The molecule has 0 aliphatic rings. The van der Waals surface area contributed by atoms with Gasteiger partial charge in [-0.1, -0.05) is 0 Å². The average Bonchev–Trinajstić information content (AvgIpc) is 2.94. The molecule has 0 bridgehead atoms. The van der Waals surface area contributed by atoms with Gasteiger partial charge in [-0.25, -0.2) is 4.98 Å². The summed E-state index contributed by atoms with van der Waals surface area (Å²) in [4.78, 5) is 6.84. The van der Waals surface area contributed by atoms with Gasteiger partial charge in [-0.05, 0) is 0 Å². The summed E-state index contributed by atoms with van der Waals surface area (Å²) in [6.45, 7) is 0. The van der Waals surface area contributed by atoms with Crippen molar-refractivity contribution >= 4 is 0 Å². The summed E-state index contributed by atoms with van der Waals surface area (Å²) in [6, 6.07) is 5.42. The van der Waals surface area contributed by atoms with Crippen LogP contribution in [0.2, 0.25) is 0 Å². The van der Waals surface area contributed by atoms with Crippen LogP contribution in [0.4, 0.5) is 0 Å². The third-order valence-electron chi connectivity index (χ3n) is 2.67. The summed E-state index contributed by atoms with van der Waals surface area (Å²) >= 11 is 0. The van der Waals surface area contributed by atoms with Crippen LogP contribution in [0.3, 0.4) is 0 Å². The number of nitrogens with zero attached hydrogens (tertiary/aromatic N) is 2. The van der Waals surface area contributed by atoms with E-state index in [4.69, 9.17) is 19.5 Å². The minimum atomic E-state index is 0.231. The number of aromatic nitrogens is 2. The Bertz CT molecular complexity index is 603. The molecule has 0 aliphatic carbocycles. The Labute approximate surface area is 110 Å². The number of methoxy groups -OCH3 is 3. The van der Waals surface area contributed by atoms with Gasteiger partial charge in [0.05, 0.1) is 38.8 Å². The minimum Gasteiger partial charge on any atom is -0.496 e. The molecule has 0 amide bonds. The Hall–Kier alpha value is -2.68. The number of hydrogen-bond donors (Lipinski definition) is 1. The molecule has 1 aromatic heterocycles. The number of rotatable bonds is 4. The maximum absolute atomic E-state index is 8.81. The summed E-state index contributed by atoms with van der Waals surface area (Å²) in [5, 5.41) is 8.81. The van der Waals surface area contributed by atoms with Crippen molar-refractivity contribution in [2.24, 2.45) is 0 Å². The largest absolute Gasteiger partial charge is 0.496 e. The van der Waals surface area contributed by atoms with Crippen molar-refractivity contribution in [2.45, 2.75) is 0 Å². The second-order valence-corrected chi connectivity index (χ2v) is 3.66. The molecule has 6 nitrogen and oxygen atoms in total. The van der Waals surface area contributed by atoms with E-state index in [1.54, 1.807) is 39.7 Å². The summed E-state index contributed by atoms with van der Waals surface area (Å²) < 4.78 is 15.9. The van der Waals surface area contributed by atoms with E-state index in [0.29, 0.717) is 28.5 Å². The number of nitrogens with one attached hydrogen (secondary N) is 1.